The van der Waals surface area contributed by atoms with Gasteiger partial charge in [-0.05, 0) is 23.3 Å². The van der Waals surface area contributed by atoms with Crippen LogP contribution in [0.4, 0.5) is 0 Å². The lowest BCUT2D eigenvalue weighted by Gasteiger charge is -2.26. The largest absolute Gasteiger partial charge is 0.489 e. The van der Waals surface area contributed by atoms with E-state index in [-0.39, 0.29) is 5.91 Å². The summed E-state index contributed by atoms with van der Waals surface area (Å²) in [5.74, 6) is 0.975. The first-order valence-electron chi connectivity index (χ1n) is 7.92. The molecule has 2 aromatic rings. The monoisotopic (exact) mass is 311 g/mol. The molecule has 1 aliphatic rings. The summed E-state index contributed by atoms with van der Waals surface area (Å²) >= 11 is 0. The Balaban J connectivity index is 1.51. The number of carbonyl (C=O) groups is 1. The van der Waals surface area contributed by atoms with E-state index in [9.17, 15) is 4.79 Å². The van der Waals surface area contributed by atoms with Crippen molar-refractivity contribution in [3.05, 3.63) is 65.7 Å². The highest BCUT2D eigenvalue weighted by atomic mass is 16.5. The maximum atomic E-state index is 12.2. The third kappa shape index (κ3) is 4.57. The smallest absolute Gasteiger partial charge is 0.227 e. The summed E-state index contributed by atoms with van der Waals surface area (Å²) in [4.78, 5) is 14.1. The molecular formula is C19H21NO3. The van der Waals surface area contributed by atoms with E-state index in [1.807, 2.05) is 59.5 Å². The predicted octanol–water partition coefficient (Wildman–Crippen LogP) is 2.67. The molecule has 1 amide bonds. The fourth-order valence-electron chi connectivity index (χ4n) is 2.54. The molecule has 4 nitrogen and oxygen atoms in total. The van der Waals surface area contributed by atoms with Crippen LogP contribution in [0, 0.1) is 0 Å². The summed E-state index contributed by atoms with van der Waals surface area (Å²) in [6.07, 6.45) is 0.430. The second-order valence-corrected chi connectivity index (χ2v) is 5.59. The van der Waals surface area contributed by atoms with E-state index in [1.54, 1.807) is 0 Å². The Kier molecular flexibility index (Phi) is 5.27. The van der Waals surface area contributed by atoms with Gasteiger partial charge in [-0.3, -0.25) is 4.79 Å². The average Bonchev–Trinajstić information content (AvgIpc) is 2.63. The van der Waals surface area contributed by atoms with Gasteiger partial charge in [0, 0.05) is 13.1 Å². The van der Waals surface area contributed by atoms with Crippen LogP contribution < -0.4 is 4.74 Å². The van der Waals surface area contributed by atoms with Crippen LogP contribution >= 0.6 is 0 Å². The van der Waals surface area contributed by atoms with Crippen molar-refractivity contribution in [2.24, 2.45) is 0 Å². The second-order valence-electron chi connectivity index (χ2n) is 5.59. The Morgan fingerprint density at radius 1 is 0.957 bits per heavy atom. The molecule has 2 aromatic carbocycles. The molecule has 0 bridgehead atoms. The third-order valence-corrected chi connectivity index (χ3v) is 3.89. The molecule has 0 radical (unpaired) electrons. The van der Waals surface area contributed by atoms with Crippen molar-refractivity contribution in [1.29, 1.82) is 0 Å². The van der Waals surface area contributed by atoms with Crippen molar-refractivity contribution in [3.8, 4) is 5.75 Å². The first-order valence-corrected chi connectivity index (χ1v) is 7.92. The van der Waals surface area contributed by atoms with Gasteiger partial charge in [0.15, 0.2) is 0 Å². The topological polar surface area (TPSA) is 38.8 Å². The van der Waals surface area contributed by atoms with Gasteiger partial charge in [0.1, 0.15) is 12.4 Å². The highest BCUT2D eigenvalue weighted by Gasteiger charge is 2.16. The van der Waals surface area contributed by atoms with Gasteiger partial charge >= 0.3 is 0 Å². The van der Waals surface area contributed by atoms with Gasteiger partial charge in [-0.2, -0.15) is 0 Å². The normalized spacial score (nSPS) is 14.5. The van der Waals surface area contributed by atoms with Crippen molar-refractivity contribution in [3.63, 3.8) is 0 Å². The Labute approximate surface area is 136 Å². The number of benzene rings is 2. The molecule has 120 valence electrons. The maximum Gasteiger partial charge on any atom is 0.227 e. The summed E-state index contributed by atoms with van der Waals surface area (Å²) in [6.45, 7) is 3.21. The second kappa shape index (κ2) is 7.79. The molecule has 1 fully saturated rings. The molecule has 0 aromatic heterocycles. The van der Waals surface area contributed by atoms with E-state index in [2.05, 4.69) is 0 Å². The molecule has 4 heteroatoms. The molecule has 1 saturated heterocycles. The highest BCUT2D eigenvalue weighted by Crippen LogP contribution is 2.15. The summed E-state index contributed by atoms with van der Waals surface area (Å²) in [5, 5.41) is 0. The van der Waals surface area contributed by atoms with E-state index < -0.39 is 0 Å². The van der Waals surface area contributed by atoms with Crippen molar-refractivity contribution >= 4 is 5.91 Å². The highest BCUT2D eigenvalue weighted by molar-refractivity contribution is 5.78. The molecule has 3 rings (SSSR count). The number of nitrogens with zero attached hydrogens (tertiary/aromatic N) is 1. The van der Waals surface area contributed by atoms with Crippen molar-refractivity contribution < 1.29 is 14.3 Å². The lowest BCUT2D eigenvalue weighted by Crippen LogP contribution is -2.41. The van der Waals surface area contributed by atoms with E-state index in [4.69, 9.17) is 9.47 Å². The van der Waals surface area contributed by atoms with Gasteiger partial charge < -0.3 is 14.4 Å². The molecular weight excluding hydrogens is 290 g/mol. The van der Waals surface area contributed by atoms with Crippen LogP contribution in [0.1, 0.15) is 11.1 Å². The molecule has 0 N–H and O–H groups in total. The Morgan fingerprint density at radius 3 is 2.35 bits per heavy atom. The van der Waals surface area contributed by atoms with Gasteiger partial charge in [-0.15, -0.1) is 0 Å². The standard InChI is InChI=1S/C19H21NO3/c21-19(20-10-12-22-13-11-20)14-16-6-8-18(9-7-16)23-15-17-4-2-1-3-5-17/h1-9H,10-15H2. The Morgan fingerprint density at radius 2 is 1.65 bits per heavy atom. The van der Waals surface area contributed by atoms with Crippen LogP contribution in [0.2, 0.25) is 0 Å². The SMILES string of the molecule is O=C(Cc1ccc(OCc2ccccc2)cc1)N1CCOCC1. The first-order chi connectivity index (χ1) is 11.3. The first kappa shape index (κ1) is 15.6. The molecule has 0 saturated carbocycles. The summed E-state index contributed by atoms with van der Waals surface area (Å²) in [5.41, 5.74) is 2.15. The lowest BCUT2D eigenvalue weighted by molar-refractivity contribution is -0.134. The van der Waals surface area contributed by atoms with Crippen molar-refractivity contribution in [2.45, 2.75) is 13.0 Å². The predicted molar refractivity (Wildman–Crippen MR) is 88.3 cm³/mol. The van der Waals surface area contributed by atoms with Crippen molar-refractivity contribution in [1.82, 2.24) is 4.90 Å². The van der Waals surface area contributed by atoms with Gasteiger partial charge in [0.25, 0.3) is 0 Å². The van der Waals surface area contributed by atoms with E-state index >= 15 is 0 Å². The zero-order chi connectivity index (χ0) is 15.9. The number of hydrogen-bond acceptors (Lipinski definition) is 3. The molecule has 0 spiro atoms. The maximum absolute atomic E-state index is 12.2. The quantitative estimate of drug-likeness (QED) is 0.852. The van der Waals surface area contributed by atoms with Gasteiger partial charge in [0.05, 0.1) is 19.6 Å². The summed E-state index contributed by atoms with van der Waals surface area (Å²) in [7, 11) is 0. The van der Waals surface area contributed by atoms with Crippen LogP contribution in [0.15, 0.2) is 54.6 Å². The molecule has 0 unspecified atom stereocenters. The molecule has 1 aliphatic heterocycles. The Bertz CT molecular complexity index is 619. The van der Waals surface area contributed by atoms with E-state index in [0.29, 0.717) is 39.3 Å². The number of morpholine rings is 1. The zero-order valence-corrected chi connectivity index (χ0v) is 13.1. The van der Waals surface area contributed by atoms with Crippen LogP contribution in [0.3, 0.4) is 0 Å². The molecule has 23 heavy (non-hydrogen) atoms. The zero-order valence-electron chi connectivity index (χ0n) is 13.1. The number of rotatable bonds is 5. The number of hydrogen-bond donors (Lipinski definition) is 0. The molecule has 1 heterocycles. The summed E-state index contributed by atoms with van der Waals surface area (Å²) < 4.78 is 11.0. The van der Waals surface area contributed by atoms with Gasteiger partial charge in [-0.25, -0.2) is 0 Å². The average molecular weight is 311 g/mol. The number of carbonyl (C=O) groups excluding carboxylic acids is 1. The van der Waals surface area contributed by atoms with Gasteiger partial charge in [-0.1, -0.05) is 42.5 Å². The van der Waals surface area contributed by atoms with Crippen LogP contribution in [-0.4, -0.2) is 37.1 Å². The van der Waals surface area contributed by atoms with Crippen LogP contribution in [0.25, 0.3) is 0 Å². The minimum Gasteiger partial charge on any atom is -0.489 e. The van der Waals surface area contributed by atoms with Crippen molar-refractivity contribution in [2.75, 3.05) is 26.3 Å². The van der Waals surface area contributed by atoms with Gasteiger partial charge in [0.2, 0.25) is 5.91 Å². The van der Waals surface area contributed by atoms with E-state index in [1.165, 1.54) is 0 Å². The number of ether oxygens (including phenoxy) is 2. The fourth-order valence-corrected chi connectivity index (χ4v) is 2.54. The third-order valence-electron chi connectivity index (χ3n) is 3.89. The minimum absolute atomic E-state index is 0.159. The Hall–Kier alpha value is -2.33. The molecule has 0 atom stereocenters. The molecule has 0 aliphatic carbocycles. The van der Waals surface area contributed by atoms with Crippen LogP contribution in [0.5, 0.6) is 5.75 Å². The minimum atomic E-state index is 0.159. The lowest BCUT2D eigenvalue weighted by atomic mass is 10.1. The fraction of sp³-hybridized carbons (Fsp3) is 0.316. The van der Waals surface area contributed by atoms with E-state index in [0.717, 1.165) is 16.9 Å². The summed E-state index contributed by atoms with van der Waals surface area (Å²) in [6, 6.07) is 17.8. The number of amides is 1. The van der Waals surface area contributed by atoms with Crippen LogP contribution in [-0.2, 0) is 22.6 Å².